The third-order valence-electron chi connectivity index (χ3n) is 2.99. The van der Waals surface area contributed by atoms with Crippen molar-refractivity contribution < 1.29 is 22.3 Å². The number of methoxy groups -OCH3 is 1. The van der Waals surface area contributed by atoms with E-state index in [1.807, 2.05) is 0 Å². The Labute approximate surface area is 136 Å². The first-order valence-electron chi connectivity index (χ1n) is 7.00. The van der Waals surface area contributed by atoms with Gasteiger partial charge in [0.2, 0.25) is 5.91 Å². The molecule has 1 amide bonds. The van der Waals surface area contributed by atoms with Gasteiger partial charge in [-0.25, -0.2) is 8.70 Å². The van der Waals surface area contributed by atoms with Crippen molar-refractivity contribution >= 4 is 21.8 Å². The smallest absolute Gasteiger partial charge is 0.304 e. The molecule has 1 aromatic carbocycles. The molecule has 0 aliphatic rings. The summed E-state index contributed by atoms with van der Waals surface area (Å²) in [6.45, 7) is 0.489. The molecule has 0 saturated carbocycles. The fraction of sp³-hybridized carbons (Fsp3) is 0.500. The molecule has 9 heteroatoms. The predicted octanol–water partition coefficient (Wildman–Crippen LogP) is 0.591. The van der Waals surface area contributed by atoms with Gasteiger partial charge in [-0.15, -0.1) is 0 Å². The van der Waals surface area contributed by atoms with Crippen LogP contribution in [0, 0.1) is 5.82 Å². The minimum Gasteiger partial charge on any atom is -0.385 e. The quantitative estimate of drug-likeness (QED) is 0.663. The Kier molecular flexibility index (Phi) is 7.40. The highest BCUT2D eigenvalue weighted by Gasteiger charge is 2.27. The number of amides is 1. The first-order valence-corrected chi connectivity index (χ1v) is 8.40. The number of ether oxygens (including phenoxy) is 1. The van der Waals surface area contributed by atoms with E-state index in [1.165, 1.54) is 26.2 Å². The molecule has 0 aliphatic carbocycles. The van der Waals surface area contributed by atoms with Crippen molar-refractivity contribution in [1.29, 1.82) is 0 Å². The van der Waals surface area contributed by atoms with Gasteiger partial charge in [-0.3, -0.25) is 4.79 Å². The Hall–Kier alpha value is -1.71. The van der Waals surface area contributed by atoms with Gasteiger partial charge in [0, 0.05) is 34.4 Å². The molecule has 130 valence electrons. The number of anilines is 1. The van der Waals surface area contributed by atoms with Crippen LogP contribution in [-0.4, -0.2) is 59.5 Å². The van der Waals surface area contributed by atoms with Crippen LogP contribution in [-0.2, 0) is 19.7 Å². The standard InChI is InChI=1S/C14H22FN3O4S/c1-17(2)23(20,21)18(13-7-5-12(15)6-8-13)11-14(19)16-9-4-10-22-3/h5-8H,4,9-11H2,1-3H3,(H,16,19). The second-order valence-corrected chi connectivity index (χ2v) is 7.04. The van der Waals surface area contributed by atoms with Crippen LogP contribution in [0.1, 0.15) is 6.42 Å². The molecule has 0 saturated heterocycles. The van der Waals surface area contributed by atoms with E-state index in [4.69, 9.17) is 4.74 Å². The van der Waals surface area contributed by atoms with Crippen LogP contribution in [0.15, 0.2) is 24.3 Å². The van der Waals surface area contributed by atoms with Gasteiger partial charge >= 0.3 is 10.2 Å². The summed E-state index contributed by atoms with van der Waals surface area (Å²) < 4.78 is 44.6. The predicted molar refractivity (Wildman–Crippen MR) is 85.9 cm³/mol. The number of rotatable bonds is 9. The van der Waals surface area contributed by atoms with Crippen LogP contribution in [0.2, 0.25) is 0 Å². The van der Waals surface area contributed by atoms with Crippen molar-refractivity contribution in [2.75, 3.05) is 45.2 Å². The van der Waals surface area contributed by atoms with E-state index >= 15 is 0 Å². The molecule has 0 fully saturated rings. The van der Waals surface area contributed by atoms with Crippen molar-refractivity contribution in [3.05, 3.63) is 30.1 Å². The number of hydrogen-bond donors (Lipinski definition) is 1. The zero-order valence-corrected chi connectivity index (χ0v) is 14.3. The summed E-state index contributed by atoms with van der Waals surface area (Å²) in [5.41, 5.74) is 0.215. The average Bonchev–Trinajstić information content (AvgIpc) is 2.50. The molecule has 0 radical (unpaired) electrons. The minimum absolute atomic E-state index is 0.215. The normalized spacial score (nSPS) is 11.5. The van der Waals surface area contributed by atoms with Crippen LogP contribution in [0.3, 0.4) is 0 Å². The first-order chi connectivity index (χ1) is 10.8. The highest BCUT2D eigenvalue weighted by molar-refractivity contribution is 7.90. The Morgan fingerprint density at radius 1 is 1.26 bits per heavy atom. The van der Waals surface area contributed by atoms with Crippen molar-refractivity contribution in [3.63, 3.8) is 0 Å². The number of nitrogens with one attached hydrogen (secondary N) is 1. The number of benzene rings is 1. The number of carbonyl (C=O) groups is 1. The van der Waals surface area contributed by atoms with Gasteiger partial charge in [0.1, 0.15) is 12.4 Å². The van der Waals surface area contributed by atoms with E-state index in [-0.39, 0.29) is 12.2 Å². The number of hydrogen-bond acceptors (Lipinski definition) is 4. The third-order valence-corrected chi connectivity index (χ3v) is 4.81. The van der Waals surface area contributed by atoms with E-state index in [9.17, 15) is 17.6 Å². The second kappa shape index (κ2) is 8.80. The lowest BCUT2D eigenvalue weighted by Gasteiger charge is -2.26. The molecule has 0 bridgehead atoms. The molecule has 23 heavy (non-hydrogen) atoms. The monoisotopic (exact) mass is 347 g/mol. The summed E-state index contributed by atoms with van der Waals surface area (Å²) in [6.07, 6.45) is 0.624. The molecule has 0 aromatic heterocycles. The van der Waals surface area contributed by atoms with Crippen LogP contribution in [0.4, 0.5) is 10.1 Å². The van der Waals surface area contributed by atoms with Gasteiger partial charge in [-0.1, -0.05) is 0 Å². The van der Waals surface area contributed by atoms with E-state index < -0.39 is 21.9 Å². The molecular weight excluding hydrogens is 325 g/mol. The molecule has 0 unspecified atom stereocenters. The van der Waals surface area contributed by atoms with Gasteiger partial charge in [-0.05, 0) is 30.7 Å². The molecule has 0 aliphatic heterocycles. The molecule has 0 heterocycles. The van der Waals surface area contributed by atoms with Crippen molar-refractivity contribution in [2.45, 2.75) is 6.42 Å². The van der Waals surface area contributed by atoms with Gasteiger partial charge in [0.15, 0.2) is 0 Å². The lowest BCUT2D eigenvalue weighted by atomic mass is 10.3. The summed E-state index contributed by atoms with van der Waals surface area (Å²) in [4.78, 5) is 12.0. The molecular formula is C14H22FN3O4S. The Balaban J connectivity index is 2.89. The first kappa shape index (κ1) is 19.3. The second-order valence-electron chi connectivity index (χ2n) is 4.97. The lowest BCUT2D eigenvalue weighted by Crippen LogP contribution is -2.46. The summed E-state index contributed by atoms with van der Waals surface area (Å²) in [5, 5.41) is 2.62. The summed E-state index contributed by atoms with van der Waals surface area (Å²) in [5.74, 6) is -0.934. The van der Waals surface area contributed by atoms with Gasteiger partial charge in [0.05, 0.1) is 5.69 Å². The zero-order chi connectivity index (χ0) is 17.5. The Morgan fingerprint density at radius 2 is 1.87 bits per heavy atom. The maximum absolute atomic E-state index is 13.0. The van der Waals surface area contributed by atoms with Crippen molar-refractivity contribution in [3.8, 4) is 0 Å². The SMILES string of the molecule is COCCCNC(=O)CN(c1ccc(F)cc1)S(=O)(=O)N(C)C. The lowest BCUT2D eigenvalue weighted by molar-refractivity contribution is -0.119. The average molecular weight is 347 g/mol. The van der Waals surface area contributed by atoms with Crippen LogP contribution < -0.4 is 9.62 Å². The zero-order valence-electron chi connectivity index (χ0n) is 13.5. The van der Waals surface area contributed by atoms with Crippen LogP contribution in [0.5, 0.6) is 0 Å². The minimum atomic E-state index is -3.88. The number of halogens is 1. The van der Waals surface area contributed by atoms with Crippen LogP contribution >= 0.6 is 0 Å². The molecule has 1 rings (SSSR count). The molecule has 0 spiro atoms. The maximum Gasteiger partial charge on any atom is 0.304 e. The molecule has 1 N–H and O–H groups in total. The van der Waals surface area contributed by atoms with E-state index in [0.29, 0.717) is 19.6 Å². The summed E-state index contributed by atoms with van der Waals surface area (Å²) in [6, 6.07) is 4.91. The van der Waals surface area contributed by atoms with E-state index in [0.717, 1.165) is 20.7 Å². The largest absolute Gasteiger partial charge is 0.385 e. The van der Waals surface area contributed by atoms with Gasteiger partial charge in [-0.2, -0.15) is 12.7 Å². The summed E-state index contributed by atoms with van der Waals surface area (Å²) >= 11 is 0. The maximum atomic E-state index is 13.0. The summed E-state index contributed by atoms with van der Waals surface area (Å²) in [7, 11) is 0.408. The van der Waals surface area contributed by atoms with E-state index in [2.05, 4.69) is 5.32 Å². The Morgan fingerprint density at radius 3 is 2.39 bits per heavy atom. The Bertz CT molecular complexity index is 605. The van der Waals surface area contributed by atoms with Crippen molar-refractivity contribution in [2.24, 2.45) is 0 Å². The highest BCUT2D eigenvalue weighted by Crippen LogP contribution is 2.19. The fourth-order valence-electron chi connectivity index (χ4n) is 1.74. The molecule has 7 nitrogen and oxygen atoms in total. The topological polar surface area (TPSA) is 79.0 Å². The third kappa shape index (κ3) is 5.77. The molecule has 1 aromatic rings. The van der Waals surface area contributed by atoms with Gasteiger partial charge in [0.25, 0.3) is 0 Å². The van der Waals surface area contributed by atoms with Gasteiger partial charge < -0.3 is 10.1 Å². The fourth-order valence-corrected chi connectivity index (χ4v) is 2.80. The van der Waals surface area contributed by atoms with Crippen LogP contribution in [0.25, 0.3) is 0 Å². The van der Waals surface area contributed by atoms with E-state index in [1.54, 1.807) is 7.11 Å². The number of carbonyl (C=O) groups excluding carboxylic acids is 1. The highest BCUT2D eigenvalue weighted by atomic mass is 32.2. The molecule has 0 atom stereocenters. The van der Waals surface area contributed by atoms with Crippen molar-refractivity contribution in [1.82, 2.24) is 9.62 Å². The number of nitrogens with zero attached hydrogens (tertiary/aromatic N) is 2.